The first kappa shape index (κ1) is 32.0. The van der Waals surface area contributed by atoms with Gasteiger partial charge in [0, 0.05) is 6.42 Å². The van der Waals surface area contributed by atoms with Crippen LogP contribution in [0.15, 0.2) is 0 Å². The molecule has 174 valence electrons. The molecule has 0 rings (SSSR count). The molecule has 0 aromatic heterocycles. The van der Waals surface area contributed by atoms with Gasteiger partial charge in [0.15, 0.2) is 5.25 Å². The van der Waals surface area contributed by atoms with Gasteiger partial charge in [-0.25, -0.2) is 0 Å². The number of hydrogen-bond donors (Lipinski definition) is 1. The molecule has 3 unspecified atom stereocenters. The molecule has 0 aromatic rings. The monoisotopic (exact) mass is 460 g/mol. The summed E-state index contributed by atoms with van der Waals surface area (Å²) in [5, 5.41) is 7.56. The fraction of sp³-hybridized carbons (Fsp3) is 0.905. The van der Waals surface area contributed by atoms with Crippen molar-refractivity contribution in [2.24, 2.45) is 11.8 Å². The number of aliphatic carboxylic acids is 1. The van der Waals surface area contributed by atoms with Gasteiger partial charge in [0.1, 0.15) is 0 Å². The van der Waals surface area contributed by atoms with Crippen LogP contribution in [0.25, 0.3) is 0 Å². The summed E-state index contributed by atoms with van der Waals surface area (Å²) < 4.78 is 35.0. The molecular weight excluding hydrogens is 419 g/mol. The second kappa shape index (κ2) is 18.4. The maximum atomic E-state index is 12.4. The van der Waals surface area contributed by atoms with Gasteiger partial charge in [-0.15, -0.1) is 0 Å². The number of carboxylic acid groups (broad SMARTS) is 1. The van der Waals surface area contributed by atoms with Crippen LogP contribution >= 0.6 is 0 Å². The third-order valence-electron chi connectivity index (χ3n) is 5.27. The molecule has 0 radical (unpaired) electrons. The van der Waals surface area contributed by atoms with E-state index in [4.69, 9.17) is 8.92 Å². The van der Waals surface area contributed by atoms with E-state index in [2.05, 4.69) is 13.8 Å². The van der Waals surface area contributed by atoms with Gasteiger partial charge in [0.25, 0.3) is 10.1 Å². The van der Waals surface area contributed by atoms with Crippen LogP contribution in [-0.4, -0.2) is 43.9 Å². The molecule has 0 amide bonds. The van der Waals surface area contributed by atoms with Crippen LogP contribution in [-0.2, 0) is 28.6 Å². The normalized spacial score (nSPS) is 14.4. The Kier molecular flexibility index (Phi) is 19.7. The smallest absolute Gasteiger partial charge is 1.00 e. The van der Waals surface area contributed by atoms with E-state index in [0.29, 0.717) is 0 Å². The van der Waals surface area contributed by atoms with E-state index in [9.17, 15) is 23.1 Å². The molecule has 0 aliphatic carbocycles. The Morgan fingerprint density at radius 3 is 1.83 bits per heavy atom. The van der Waals surface area contributed by atoms with Crippen molar-refractivity contribution in [2.75, 3.05) is 13.2 Å². The molecule has 0 fully saturated rings. The summed E-state index contributed by atoms with van der Waals surface area (Å²) in [5.41, 5.74) is 0. The Labute approximate surface area is 206 Å². The van der Waals surface area contributed by atoms with E-state index in [0.717, 1.165) is 51.4 Å². The fourth-order valence-electron chi connectivity index (χ4n) is 2.99. The number of esters is 1. The van der Waals surface area contributed by atoms with E-state index in [-0.39, 0.29) is 68.9 Å². The molecule has 30 heavy (non-hydrogen) atoms. The van der Waals surface area contributed by atoms with Crippen LogP contribution in [0.4, 0.5) is 0 Å². The molecule has 7 nitrogen and oxygen atoms in total. The summed E-state index contributed by atoms with van der Waals surface area (Å²) in [7, 11) is -4.30. The zero-order chi connectivity index (χ0) is 22.3. The Balaban J connectivity index is -0.00000392. The number of hydrogen-bond acceptors (Lipinski definition) is 6. The van der Waals surface area contributed by atoms with Crippen LogP contribution in [0, 0.1) is 11.8 Å². The van der Waals surface area contributed by atoms with Crippen LogP contribution in [0.3, 0.4) is 0 Å². The van der Waals surface area contributed by atoms with Crippen LogP contribution in [0.5, 0.6) is 0 Å². The summed E-state index contributed by atoms with van der Waals surface area (Å²) in [6.45, 7) is 8.39. The molecular formula is C21H41NaO7S. The van der Waals surface area contributed by atoms with Crippen LogP contribution in [0.1, 0.15) is 93.3 Å². The molecule has 0 bridgehead atoms. The average Bonchev–Trinajstić information content (AvgIpc) is 2.68. The van der Waals surface area contributed by atoms with Crippen LogP contribution < -0.4 is 29.6 Å². The topological polar surface area (TPSA) is 107 Å². The van der Waals surface area contributed by atoms with E-state index < -0.39 is 27.3 Å². The SMILES string of the molecule is CCCCC(CC)COC(=O)CCC(C(=O)O)S(=O)(=O)OCC(CC)CCCC.[H-].[Na+]. The summed E-state index contributed by atoms with van der Waals surface area (Å²) in [4.78, 5) is 23.4. The number of carbonyl (C=O) groups excluding carboxylic acids is 1. The standard InChI is InChI=1S/C21H40O7S.Na.H/c1-5-9-11-17(7-3)15-27-20(22)14-13-19(21(23)24)29(25,26)28-16-18(8-4)12-10-6-2;;/h17-19H,5-16H2,1-4H3,(H,23,24);;/q;+1;-1. The molecule has 0 saturated heterocycles. The third kappa shape index (κ3) is 14.0. The molecule has 9 heteroatoms. The van der Waals surface area contributed by atoms with Gasteiger partial charge in [0.2, 0.25) is 0 Å². The van der Waals surface area contributed by atoms with E-state index >= 15 is 0 Å². The summed E-state index contributed by atoms with van der Waals surface area (Å²) >= 11 is 0. The summed E-state index contributed by atoms with van der Waals surface area (Å²) in [6, 6.07) is 0. The number of carboxylic acids is 1. The van der Waals surface area contributed by atoms with Crippen molar-refractivity contribution in [3.8, 4) is 0 Å². The average molecular weight is 461 g/mol. The molecule has 0 heterocycles. The predicted octanol–water partition coefficient (Wildman–Crippen LogP) is 1.66. The molecule has 3 atom stereocenters. The predicted molar refractivity (Wildman–Crippen MR) is 114 cm³/mol. The van der Waals surface area contributed by atoms with Gasteiger partial charge >= 0.3 is 41.5 Å². The van der Waals surface area contributed by atoms with Crippen molar-refractivity contribution < 1.29 is 63.0 Å². The van der Waals surface area contributed by atoms with Gasteiger partial charge < -0.3 is 11.3 Å². The molecule has 0 aliphatic rings. The first-order chi connectivity index (χ1) is 13.7. The van der Waals surface area contributed by atoms with Crippen molar-refractivity contribution in [3.05, 3.63) is 0 Å². The Morgan fingerprint density at radius 1 is 0.900 bits per heavy atom. The van der Waals surface area contributed by atoms with Gasteiger partial charge in [-0.1, -0.05) is 66.2 Å². The van der Waals surface area contributed by atoms with Crippen molar-refractivity contribution >= 4 is 22.1 Å². The van der Waals surface area contributed by atoms with E-state index in [1.807, 2.05) is 13.8 Å². The van der Waals surface area contributed by atoms with Crippen LogP contribution in [0.2, 0.25) is 0 Å². The zero-order valence-corrected chi connectivity index (χ0v) is 22.3. The van der Waals surface area contributed by atoms with Crippen molar-refractivity contribution in [1.29, 1.82) is 0 Å². The third-order valence-corrected chi connectivity index (χ3v) is 6.87. The second-order valence-corrected chi connectivity index (χ2v) is 9.45. The summed E-state index contributed by atoms with van der Waals surface area (Å²) in [6.07, 6.45) is 6.93. The van der Waals surface area contributed by atoms with Crippen molar-refractivity contribution in [1.82, 2.24) is 0 Å². The maximum Gasteiger partial charge on any atom is 1.00 e. The van der Waals surface area contributed by atoms with Gasteiger partial charge in [-0.05, 0) is 31.1 Å². The van der Waals surface area contributed by atoms with Gasteiger partial charge in [0.05, 0.1) is 13.2 Å². The second-order valence-electron chi connectivity index (χ2n) is 7.66. The Morgan fingerprint density at radius 2 is 1.40 bits per heavy atom. The molecule has 0 saturated carbocycles. The first-order valence-electron chi connectivity index (χ1n) is 11.0. The minimum atomic E-state index is -4.30. The molecule has 1 N–H and O–H groups in total. The maximum absolute atomic E-state index is 12.4. The number of rotatable bonds is 18. The van der Waals surface area contributed by atoms with E-state index in [1.165, 1.54) is 0 Å². The number of ether oxygens (including phenoxy) is 1. The number of carbonyl (C=O) groups is 2. The first-order valence-corrected chi connectivity index (χ1v) is 12.4. The Bertz CT molecular complexity index is 572. The van der Waals surface area contributed by atoms with Crippen molar-refractivity contribution in [2.45, 2.75) is 97.2 Å². The molecule has 0 aromatic carbocycles. The van der Waals surface area contributed by atoms with Crippen molar-refractivity contribution in [3.63, 3.8) is 0 Å². The largest absolute Gasteiger partial charge is 1.00 e. The minimum absolute atomic E-state index is 0. The minimum Gasteiger partial charge on any atom is -1.00 e. The zero-order valence-electron chi connectivity index (χ0n) is 20.5. The molecule has 0 spiro atoms. The quantitative estimate of drug-likeness (QED) is 0.188. The van der Waals surface area contributed by atoms with E-state index in [1.54, 1.807) is 0 Å². The van der Waals surface area contributed by atoms with Gasteiger partial charge in [-0.2, -0.15) is 8.42 Å². The van der Waals surface area contributed by atoms with Gasteiger partial charge in [-0.3, -0.25) is 13.8 Å². The molecule has 0 aliphatic heterocycles. The summed E-state index contributed by atoms with van der Waals surface area (Å²) in [5.74, 6) is -1.74. The number of unbranched alkanes of at least 4 members (excludes halogenated alkanes) is 2. The Hall–Kier alpha value is -0.150. The fourth-order valence-corrected chi connectivity index (χ4v) is 4.19.